The van der Waals surface area contributed by atoms with Gasteiger partial charge in [-0.3, -0.25) is 0 Å². The van der Waals surface area contributed by atoms with Crippen LogP contribution in [0.3, 0.4) is 0 Å². The van der Waals surface area contributed by atoms with E-state index in [1.54, 1.807) is 0 Å². The number of rotatable bonds is 2. The van der Waals surface area contributed by atoms with Crippen LogP contribution in [0.25, 0.3) is 0 Å². The van der Waals surface area contributed by atoms with Crippen molar-refractivity contribution in [3.8, 4) is 0 Å². The average molecular weight is 246 g/mol. The molecule has 1 N–H and O–H groups in total. The highest BCUT2D eigenvalue weighted by Crippen LogP contribution is 2.44. The van der Waals surface area contributed by atoms with Gasteiger partial charge in [0.2, 0.25) is 0 Å². The Bertz CT molecular complexity index is 305. The van der Waals surface area contributed by atoms with Gasteiger partial charge in [0.25, 0.3) is 0 Å². The molecule has 1 fully saturated rings. The van der Waals surface area contributed by atoms with E-state index in [1.807, 2.05) is 32.1 Å². The summed E-state index contributed by atoms with van der Waals surface area (Å²) in [7, 11) is 0. The minimum atomic E-state index is -0.903. The monoisotopic (exact) mass is 245 g/mol. The fourth-order valence-electron chi connectivity index (χ4n) is 2.68. The Kier molecular flexibility index (Phi) is 3.42. The van der Waals surface area contributed by atoms with Gasteiger partial charge in [-0.2, -0.15) is 0 Å². The standard InChI is InChI=1S/C12H20ClNO2/c1-8(10(15)16)9-6-11(2,3)14(13)12(4,5)7-9/h9H,1,6-7H2,2-5H3,(H,15,16). The molecule has 0 saturated carbocycles. The molecule has 0 aromatic carbocycles. The van der Waals surface area contributed by atoms with Crippen LogP contribution in [-0.2, 0) is 4.79 Å². The van der Waals surface area contributed by atoms with Gasteiger partial charge < -0.3 is 5.11 Å². The van der Waals surface area contributed by atoms with E-state index in [0.29, 0.717) is 5.57 Å². The summed E-state index contributed by atoms with van der Waals surface area (Å²) in [5.74, 6) is -0.905. The van der Waals surface area contributed by atoms with Crippen molar-refractivity contribution in [2.45, 2.75) is 51.6 Å². The molecule has 1 aliphatic heterocycles. The van der Waals surface area contributed by atoms with Crippen molar-refractivity contribution < 1.29 is 9.90 Å². The maximum atomic E-state index is 11.0. The Morgan fingerprint density at radius 1 is 1.31 bits per heavy atom. The Hall–Kier alpha value is -0.540. The van der Waals surface area contributed by atoms with Crippen LogP contribution >= 0.6 is 11.8 Å². The molecule has 0 unspecified atom stereocenters. The molecule has 92 valence electrons. The maximum Gasteiger partial charge on any atom is 0.331 e. The van der Waals surface area contributed by atoms with Crippen molar-refractivity contribution in [3.05, 3.63) is 12.2 Å². The van der Waals surface area contributed by atoms with Gasteiger partial charge in [-0.25, -0.2) is 9.21 Å². The lowest BCUT2D eigenvalue weighted by Crippen LogP contribution is -2.56. The third-order valence-corrected chi connectivity index (χ3v) is 4.24. The molecule has 0 aliphatic carbocycles. The zero-order valence-corrected chi connectivity index (χ0v) is 11.1. The summed E-state index contributed by atoms with van der Waals surface area (Å²) in [5, 5.41) is 8.99. The van der Waals surface area contributed by atoms with Crippen LogP contribution in [0.4, 0.5) is 0 Å². The van der Waals surface area contributed by atoms with Gasteiger partial charge in [-0.15, -0.1) is 0 Å². The van der Waals surface area contributed by atoms with Crippen molar-refractivity contribution in [1.82, 2.24) is 4.42 Å². The largest absolute Gasteiger partial charge is 0.478 e. The van der Waals surface area contributed by atoms with Crippen LogP contribution in [0.2, 0.25) is 0 Å². The van der Waals surface area contributed by atoms with E-state index in [2.05, 4.69) is 6.58 Å². The topological polar surface area (TPSA) is 40.5 Å². The number of hydrogen-bond acceptors (Lipinski definition) is 2. The second-order valence-electron chi connectivity index (χ2n) is 5.84. The van der Waals surface area contributed by atoms with Crippen molar-refractivity contribution in [3.63, 3.8) is 0 Å². The molecule has 0 amide bonds. The maximum absolute atomic E-state index is 11.0. The van der Waals surface area contributed by atoms with E-state index in [4.69, 9.17) is 16.9 Å². The zero-order valence-electron chi connectivity index (χ0n) is 10.4. The first kappa shape index (κ1) is 13.5. The minimum Gasteiger partial charge on any atom is -0.478 e. The van der Waals surface area contributed by atoms with Crippen LogP contribution in [-0.4, -0.2) is 26.6 Å². The molecule has 1 saturated heterocycles. The molecule has 1 heterocycles. The summed E-state index contributed by atoms with van der Waals surface area (Å²) < 4.78 is 1.81. The van der Waals surface area contributed by atoms with Gasteiger partial charge in [0.1, 0.15) is 0 Å². The lowest BCUT2D eigenvalue weighted by Gasteiger charge is -2.51. The third kappa shape index (κ3) is 2.41. The number of nitrogens with zero attached hydrogens (tertiary/aromatic N) is 1. The molecular formula is C12H20ClNO2. The van der Waals surface area contributed by atoms with Crippen molar-refractivity contribution in [2.24, 2.45) is 5.92 Å². The first-order valence-corrected chi connectivity index (χ1v) is 5.80. The molecule has 0 spiro atoms. The quantitative estimate of drug-likeness (QED) is 0.601. The van der Waals surface area contributed by atoms with E-state index in [0.717, 1.165) is 12.8 Å². The molecule has 1 rings (SSSR count). The van der Waals surface area contributed by atoms with Crippen LogP contribution in [0.1, 0.15) is 40.5 Å². The number of aliphatic carboxylic acids is 1. The number of halogens is 1. The van der Waals surface area contributed by atoms with Gasteiger partial charge in [0.15, 0.2) is 0 Å². The Labute approximate surface area is 102 Å². The van der Waals surface area contributed by atoms with Crippen molar-refractivity contribution in [1.29, 1.82) is 0 Å². The Balaban J connectivity index is 2.95. The SMILES string of the molecule is C=C(C(=O)O)C1CC(C)(C)N(Cl)C(C)(C)C1. The van der Waals surface area contributed by atoms with E-state index in [9.17, 15) is 4.79 Å². The van der Waals surface area contributed by atoms with Gasteiger partial charge in [-0.05, 0) is 58.2 Å². The molecule has 0 atom stereocenters. The number of carboxylic acids is 1. The molecule has 1 aliphatic rings. The number of carbonyl (C=O) groups is 1. The third-order valence-electron chi connectivity index (χ3n) is 3.32. The second kappa shape index (κ2) is 4.04. The summed E-state index contributed by atoms with van der Waals surface area (Å²) in [4.78, 5) is 11.0. The summed E-state index contributed by atoms with van der Waals surface area (Å²) >= 11 is 6.31. The van der Waals surface area contributed by atoms with E-state index >= 15 is 0 Å². The number of hydrogen-bond donors (Lipinski definition) is 1. The molecule has 3 nitrogen and oxygen atoms in total. The molecular weight excluding hydrogens is 226 g/mol. The number of carboxylic acid groups (broad SMARTS) is 1. The highest BCUT2D eigenvalue weighted by atomic mass is 35.5. The van der Waals surface area contributed by atoms with E-state index in [1.165, 1.54) is 0 Å². The summed E-state index contributed by atoms with van der Waals surface area (Å²) in [5.41, 5.74) is -0.135. The van der Waals surface area contributed by atoms with E-state index < -0.39 is 5.97 Å². The number of piperidine rings is 1. The molecule has 0 aromatic heterocycles. The molecule has 0 radical (unpaired) electrons. The lowest BCUT2D eigenvalue weighted by molar-refractivity contribution is -0.133. The Morgan fingerprint density at radius 3 is 2.00 bits per heavy atom. The minimum absolute atomic E-state index is 0.00231. The van der Waals surface area contributed by atoms with Crippen LogP contribution in [0, 0.1) is 5.92 Å². The smallest absolute Gasteiger partial charge is 0.331 e. The van der Waals surface area contributed by atoms with Gasteiger partial charge in [-0.1, -0.05) is 6.58 Å². The molecule has 16 heavy (non-hydrogen) atoms. The van der Waals surface area contributed by atoms with E-state index in [-0.39, 0.29) is 17.0 Å². The van der Waals surface area contributed by atoms with Gasteiger partial charge >= 0.3 is 5.97 Å². The summed E-state index contributed by atoms with van der Waals surface area (Å²) in [6.07, 6.45) is 1.45. The molecule has 0 aromatic rings. The average Bonchev–Trinajstić information content (AvgIpc) is 2.11. The van der Waals surface area contributed by atoms with Crippen molar-refractivity contribution in [2.75, 3.05) is 0 Å². The summed E-state index contributed by atoms with van der Waals surface area (Å²) in [6, 6.07) is 0. The first-order valence-electron chi connectivity index (χ1n) is 5.46. The predicted molar refractivity (Wildman–Crippen MR) is 65.3 cm³/mol. The van der Waals surface area contributed by atoms with Crippen molar-refractivity contribution >= 4 is 17.7 Å². The van der Waals surface area contributed by atoms with Crippen LogP contribution in [0.5, 0.6) is 0 Å². The van der Waals surface area contributed by atoms with Crippen LogP contribution < -0.4 is 0 Å². The van der Waals surface area contributed by atoms with Gasteiger partial charge in [0.05, 0.1) is 0 Å². The van der Waals surface area contributed by atoms with Crippen LogP contribution in [0.15, 0.2) is 12.2 Å². The molecule has 0 bridgehead atoms. The molecule has 4 heteroatoms. The highest BCUT2D eigenvalue weighted by molar-refractivity contribution is 6.14. The fraction of sp³-hybridized carbons (Fsp3) is 0.750. The summed E-state index contributed by atoms with van der Waals surface area (Å²) in [6.45, 7) is 11.8. The normalized spacial score (nSPS) is 25.3. The second-order valence-corrected chi connectivity index (χ2v) is 6.18. The highest BCUT2D eigenvalue weighted by Gasteiger charge is 2.46. The first-order chi connectivity index (χ1) is 7.08. The lowest BCUT2D eigenvalue weighted by atomic mass is 9.73. The predicted octanol–water partition coefficient (Wildman–Crippen LogP) is 3.05. The fourth-order valence-corrected chi connectivity index (χ4v) is 2.82. The van der Waals surface area contributed by atoms with Gasteiger partial charge in [0, 0.05) is 16.7 Å². The Morgan fingerprint density at radius 2 is 1.69 bits per heavy atom. The zero-order chi connectivity index (χ0) is 12.7.